The Morgan fingerprint density at radius 1 is 1.17 bits per heavy atom. The molecule has 4 heteroatoms. The first-order chi connectivity index (χ1) is 8.34. The Labute approximate surface area is 116 Å². The molecule has 18 heavy (non-hydrogen) atoms. The lowest BCUT2D eigenvalue weighted by molar-refractivity contribution is 0.167. The summed E-state index contributed by atoms with van der Waals surface area (Å²) in [5, 5.41) is 0. The van der Waals surface area contributed by atoms with Crippen molar-refractivity contribution in [3.8, 4) is 0 Å². The Bertz CT molecular complexity index is 407. The maximum absolute atomic E-state index is 5.36. The molecule has 1 aromatic heterocycles. The van der Waals surface area contributed by atoms with Crippen molar-refractivity contribution in [2.75, 3.05) is 6.54 Å². The third-order valence-corrected chi connectivity index (χ3v) is 3.74. The van der Waals surface area contributed by atoms with E-state index in [1.165, 1.54) is 5.69 Å². The molecule has 1 N–H and O–H groups in total. The highest BCUT2D eigenvalue weighted by molar-refractivity contribution is 7.71. The van der Waals surface area contributed by atoms with Gasteiger partial charge in [0.15, 0.2) is 4.77 Å². The van der Waals surface area contributed by atoms with Crippen molar-refractivity contribution in [3.63, 3.8) is 0 Å². The summed E-state index contributed by atoms with van der Waals surface area (Å²) in [4.78, 5) is 5.66. The van der Waals surface area contributed by atoms with E-state index in [1.807, 2.05) is 6.20 Å². The molecule has 0 bridgehead atoms. The molecule has 0 saturated carbocycles. The van der Waals surface area contributed by atoms with Crippen molar-refractivity contribution in [2.24, 2.45) is 0 Å². The van der Waals surface area contributed by atoms with Gasteiger partial charge in [-0.15, -0.1) is 0 Å². The molecule has 0 saturated heterocycles. The van der Waals surface area contributed by atoms with Crippen molar-refractivity contribution in [1.82, 2.24) is 14.5 Å². The van der Waals surface area contributed by atoms with Gasteiger partial charge in [0.1, 0.15) is 0 Å². The van der Waals surface area contributed by atoms with Crippen LogP contribution >= 0.6 is 12.2 Å². The van der Waals surface area contributed by atoms with Gasteiger partial charge in [-0.25, -0.2) is 0 Å². The molecule has 0 fully saturated rings. The van der Waals surface area contributed by atoms with Crippen LogP contribution in [-0.4, -0.2) is 33.1 Å². The van der Waals surface area contributed by atoms with Crippen molar-refractivity contribution >= 4 is 12.2 Å². The van der Waals surface area contributed by atoms with Gasteiger partial charge in [-0.2, -0.15) is 0 Å². The van der Waals surface area contributed by atoms with E-state index in [0.717, 1.165) is 17.9 Å². The average Bonchev–Trinajstić information content (AvgIpc) is 2.59. The Morgan fingerprint density at radius 2 is 1.72 bits per heavy atom. The Hall–Kier alpha value is -0.610. The van der Waals surface area contributed by atoms with E-state index in [0.29, 0.717) is 18.0 Å². The average molecular weight is 269 g/mol. The van der Waals surface area contributed by atoms with Crippen LogP contribution < -0.4 is 0 Å². The van der Waals surface area contributed by atoms with Gasteiger partial charge >= 0.3 is 0 Å². The Morgan fingerprint density at radius 3 is 2.17 bits per heavy atom. The van der Waals surface area contributed by atoms with Gasteiger partial charge in [-0.05, 0) is 45.8 Å². The normalized spacial score (nSPS) is 12.3. The fourth-order valence-corrected chi connectivity index (χ4v) is 2.70. The maximum Gasteiger partial charge on any atom is 0.177 e. The summed E-state index contributed by atoms with van der Waals surface area (Å²) < 4.78 is 3.07. The summed E-state index contributed by atoms with van der Waals surface area (Å²) in [6.45, 7) is 15.4. The monoisotopic (exact) mass is 269 g/mol. The molecule has 0 atom stereocenters. The van der Waals surface area contributed by atoms with Crippen LogP contribution in [0.25, 0.3) is 0 Å². The minimum Gasteiger partial charge on any atom is -0.337 e. The topological polar surface area (TPSA) is 24.0 Å². The molecule has 0 spiro atoms. The van der Waals surface area contributed by atoms with Crippen molar-refractivity contribution < 1.29 is 0 Å². The van der Waals surface area contributed by atoms with Crippen LogP contribution in [0, 0.1) is 4.77 Å². The van der Waals surface area contributed by atoms with Crippen molar-refractivity contribution in [3.05, 3.63) is 16.7 Å². The lowest BCUT2D eigenvalue weighted by Crippen LogP contribution is -2.39. The van der Waals surface area contributed by atoms with Crippen LogP contribution in [0.15, 0.2) is 6.20 Å². The number of imidazole rings is 1. The highest BCUT2D eigenvalue weighted by Crippen LogP contribution is 2.15. The minimum absolute atomic E-state index is 0.504. The zero-order valence-electron chi connectivity index (χ0n) is 12.5. The molecule has 0 unspecified atom stereocenters. The number of hydrogen-bond acceptors (Lipinski definition) is 2. The molecule has 1 heterocycles. The summed E-state index contributed by atoms with van der Waals surface area (Å²) in [6, 6.07) is 1.14. The second-order valence-electron chi connectivity index (χ2n) is 5.75. The van der Waals surface area contributed by atoms with E-state index in [1.54, 1.807) is 0 Å². The first-order valence-corrected chi connectivity index (χ1v) is 7.29. The highest BCUT2D eigenvalue weighted by atomic mass is 32.1. The van der Waals surface area contributed by atoms with Gasteiger partial charge in [0, 0.05) is 37.1 Å². The fourth-order valence-electron chi connectivity index (χ4n) is 2.45. The number of rotatable bonds is 6. The lowest BCUT2D eigenvalue weighted by Gasteiger charge is -2.30. The molecular weight excluding hydrogens is 242 g/mol. The second kappa shape index (κ2) is 6.53. The van der Waals surface area contributed by atoms with E-state index in [4.69, 9.17) is 12.2 Å². The molecule has 0 aliphatic heterocycles. The Kier molecular flexibility index (Phi) is 5.60. The van der Waals surface area contributed by atoms with Crippen LogP contribution in [-0.2, 0) is 6.54 Å². The summed E-state index contributed by atoms with van der Waals surface area (Å²) in [5.74, 6) is 0.504. The molecule has 0 amide bonds. The number of H-pyrrole nitrogens is 1. The number of nitrogens with one attached hydrogen (secondary N) is 1. The van der Waals surface area contributed by atoms with Crippen LogP contribution in [0.3, 0.4) is 0 Å². The summed E-state index contributed by atoms with van der Waals surface area (Å²) in [6.07, 6.45) is 2.04. The van der Waals surface area contributed by atoms with E-state index < -0.39 is 0 Å². The standard InChI is InChI=1S/C14H27N3S/c1-10(2)13-9-15-14(18)17(13)8-7-16(11(3)4)12(5)6/h9-12H,7-8H2,1-6H3,(H,15,18). The third kappa shape index (κ3) is 3.69. The lowest BCUT2D eigenvalue weighted by atomic mass is 10.1. The van der Waals surface area contributed by atoms with E-state index in [2.05, 4.69) is 56.0 Å². The first kappa shape index (κ1) is 15.4. The largest absolute Gasteiger partial charge is 0.337 e. The van der Waals surface area contributed by atoms with E-state index in [9.17, 15) is 0 Å². The highest BCUT2D eigenvalue weighted by Gasteiger charge is 2.14. The quantitative estimate of drug-likeness (QED) is 0.795. The van der Waals surface area contributed by atoms with Gasteiger partial charge in [-0.1, -0.05) is 13.8 Å². The number of hydrogen-bond donors (Lipinski definition) is 1. The Balaban J connectivity index is 2.79. The second-order valence-corrected chi connectivity index (χ2v) is 6.14. The zero-order chi connectivity index (χ0) is 13.9. The third-order valence-electron chi connectivity index (χ3n) is 3.40. The number of aromatic nitrogens is 2. The first-order valence-electron chi connectivity index (χ1n) is 6.88. The molecule has 0 aromatic carbocycles. The molecule has 0 aliphatic carbocycles. The van der Waals surface area contributed by atoms with Gasteiger partial charge in [0.25, 0.3) is 0 Å². The smallest absolute Gasteiger partial charge is 0.177 e. The fraction of sp³-hybridized carbons (Fsp3) is 0.786. The summed E-state index contributed by atoms with van der Waals surface area (Å²) in [5.41, 5.74) is 1.30. The van der Waals surface area contributed by atoms with E-state index >= 15 is 0 Å². The van der Waals surface area contributed by atoms with Gasteiger partial charge < -0.3 is 9.55 Å². The zero-order valence-corrected chi connectivity index (χ0v) is 13.3. The van der Waals surface area contributed by atoms with Crippen molar-refractivity contribution in [2.45, 2.75) is 66.1 Å². The molecule has 104 valence electrons. The summed E-state index contributed by atoms with van der Waals surface area (Å²) >= 11 is 5.36. The van der Waals surface area contributed by atoms with Gasteiger partial charge in [0.05, 0.1) is 0 Å². The molecular formula is C14H27N3S. The predicted octanol–water partition coefficient (Wildman–Crippen LogP) is 3.79. The van der Waals surface area contributed by atoms with Crippen LogP contribution in [0.2, 0.25) is 0 Å². The SMILES string of the molecule is CC(C)c1c[nH]c(=S)n1CCN(C(C)C)C(C)C. The van der Waals surface area contributed by atoms with Gasteiger partial charge in [-0.3, -0.25) is 4.90 Å². The molecule has 1 aromatic rings. The molecule has 0 radical (unpaired) electrons. The maximum atomic E-state index is 5.36. The van der Waals surface area contributed by atoms with Crippen LogP contribution in [0.1, 0.15) is 53.2 Å². The number of aromatic amines is 1. The number of nitrogens with zero attached hydrogens (tertiary/aromatic N) is 2. The van der Waals surface area contributed by atoms with Crippen LogP contribution in [0.5, 0.6) is 0 Å². The molecule has 0 aliphatic rings. The molecule has 1 rings (SSSR count). The van der Waals surface area contributed by atoms with Crippen molar-refractivity contribution in [1.29, 1.82) is 0 Å². The summed E-state index contributed by atoms with van der Waals surface area (Å²) in [7, 11) is 0. The van der Waals surface area contributed by atoms with Gasteiger partial charge in [0.2, 0.25) is 0 Å². The predicted molar refractivity (Wildman–Crippen MR) is 80.7 cm³/mol. The minimum atomic E-state index is 0.504. The van der Waals surface area contributed by atoms with Crippen LogP contribution in [0.4, 0.5) is 0 Å². The van der Waals surface area contributed by atoms with E-state index in [-0.39, 0.29) is 0 Å². The molecule has 3 nitrogen and oxygen atoms in total.